The molecule has 0 rings (SSSR count). The predicted octanol–water partition coefficient (Wildman–Crippen LogP) is 1.23. The highest BCUT2D eigenvalue weighted by Gasteiger charge is 1.99. The third-order valence-electron chi connectivity index (χ3n) is 0.812. The van der Waals surface area contributed by atoms with E-state index in [1.807, 2.05) is 0 Å². The number of aliphatic imine (C=N–C) groups is 1. The number of hydrogen-bond acceptors (Lipinski definition) is 2. The second-order valence-electron chi connectivity index (χ2n) is 1.49. The van der Waals surface area contributed by atoms with Crippen molar-refractivity contribution < 1.29 is 9.90 Å². The molecule has 0 aromatic heterocycles. The van der Waals surface area contributed by atoms with E-state index < -0.39 is 5.97 Å². The smallest absolute Gasteiger partial charge is 0.354 e. The number of carboxylic acid groups (broad SMARTS) is 1. The zero-order valence-electron chi connectivity index (χ0n) is 5.74. The number of nitrogens with zero attached hydrogens (tertiary/aromatic N) is 1. The monoisotopic (exact) mass is 139 g/mol. The van der Waals surface area contributed by atoms with Crippen molar-refractivity contribution in [1.82, 2.24) is 0 Å². The van der Waals surface area contributed by atoms with E-state index in [9.17, 15) is 4.79 Å². The van der Waals surface area contributed by atoms with Crippen molar-refractivity contribution in [3.63, 3.8) is 0 Å². The summed E-state index contributed by atoms with van der Waals surface area (Å²) >= 11 is 0. The Morgan fingerprint density at radius 2 is 2.30 bits per heavy atom. The summed E-state index contributed by atoms with van der Waals surface area (Å²) in [5.74, 6) is -1.03. The third kappa shape index (κ3) is 2.81. The van der Waals surface area contributed by atoms with Crippen molar-refractivity contribution in [3.05, 3.63) is 24.4 Å². The molecule has 0 aliphatic carbocycles. The first kappa shape index (κ1) is 8.62. The zero-order chi connectivity index (χ0) is 7.98. The van der Waals surface area contributed by atoms with E-state index in [0.29, 0.717) is 0 Å². The van der Waals surface area contributed by atoms with E-state index >= 15 is 0 Å². The lowest BCUT2D eigenvalue weighted by atomic mass is 10.4. The second-order valence-corrected chi connectivity index (χ2v) is 1.49. The Kier molecular flexibility index (Phi) is 3.87. The highest BCUT2D eigenvalue weighted by molar-refractivity contribution is 5.89. The number of hydrogen-bond donors (Lipinski definition) is 1. The van der Waals surface area contributed by atoms with Crippen molar-refractivity contribution in [3.8, 4) is 0 Å². The van der Waals surface area contributed by atoms with E-state index in [-0.39, 0.29) is 5.70 Å². The molecule has 0 saturated heterocycles. The van der Waals surface area contributed by atoms with E-state index in [0.717, 1.165) is 0 Å². The average Bonchev–Trinajstić information content (AvgIpc) is 1.89. The van der Waals surface area contributed by atoms with E-state index in [1.165, 1.54) is 18.4 Å². The normalized spacial score (nSPS) is 11.9. The quantitative estimate of drug-likeness (QED) is 0.472. The molecule has 0 fully saturated rings. The Labute approximate surface area is 59.4 Å². The van der Waals surface area contributed by atoms with Crippen LogP contribution in [0.3, 0.4) is 0 Å². The summed E-state index contributed by atoms with van der Waals surface area (Å²) in [5, 5.41) is 8.38. The van der Waals surface area contributed by atoms with Crippen LogP contribution in [0.2, 0.25) is 0 Å². The molecule has 0 atom stereocenters. The van der Waals surface area contributed by atoms with E-state index in [1.54, 1.807) is 6.92 Å². The fourth-order valence-corrected chi connectivity index (χ4v) is 0.386. The molecule has 0 aromatic carbocycles. The van der Waals surface area contributed by atoms with Crippen molar-refractivity contribution in [1.29, 1.82) is 0 Å². The molecule has 1 N–H and O–H groups in total. The number of rotatable bonds is 3. The molecule has 0 saturated carbocycles. The van der Waals surface area contributed by atoms with Crippen molar-refractivity contribution in [2.24, 2.45) is 4.99 Å². The van der Waals surface area contributed by atoms with Crippen LogP contribution in [0.4, 0.5) is 0 Å². The lowest BCUT2D eigenvalue weighted by Crippen LogP contribution is -1.96. The molecule has 3 heteroatoms. The van der Waals surface area contributed by atoms with Gasteiger partial charge in [-0.25, -0.2) is 9.79 Å². The molecule has 0 aromatic rings. The molecule has 0 spiro atoms. The van der Waals surface area contributed by atoms with Crippen molar-refractivity contribution >= 4 is 12.2 Å². The number of allylic oxidation sites excluding steroid dienone is 2. The maximum Gasteiger partial charge on any atom is 0.354 e. The topological polar surface area (TPSA) is 49.7 Å². The van der Waals surface area contributed by atoms with Gasteiger partial charge in [-0.2, -0.15) is 0 Å². The van der Waals surface area contributed by atoms with Crippen LogP contribution in [-0.4, -0.2) is 17.3 Å². The third-order valence-corrected chi connectivity index (χ3v) is 0.812. The maximum atomic E-state index is 10.2. The van der Waals surface area contributed by atoms with Crippen molar-refractivity contribution in [2.45, 2.75) is 6.92 Å². The van der Waals surface area contributed by atoms with Gasteiger partial charge < -0.3 is 5.11 Å². The van der Waals surface area contributed by atoms with Gasteiger partial charge in [0.25, 0.3) is 0 Å². The SMILES string of the molecule is C=CC=N/C(=C\C)C(=O)O. The number of carbonyl (C=O) groups is 1. The van der Waals surface area contributed by atoms with Gasteiger partial charge in [0.05, 0.1) is 0 Å². The van der Waals surface area contributed by atoms with Crippen LogP contribution in [0, 0.1) is 0 Å². The van der Waals surface area contributed by atoms with Crippen LogP contribution in [0.25, 0.3) is 0 Å². The Balaban J connectivity index is 4.25. The average molecular weight is 139 g/mol. The minimum Gasteiger partial charge on any atom is -0.477 e. The van der Waals surface area contributed by atoms with Gasteiger partial charge in [-0.15, -0.1) is 0 Å². The molecule has 0 bridgehead atoms. The van der Waals surface area contributed by atoms with Crippen molar-refractivity contribution in [2.75, 3.05) is 0 Å². The number of aliphatic carboxylic acids is 1. The van der Waals surface area contributed by atoms with Gasteiger partial charge in [-0.3, -0.25) is 0 Å². The fourth-order valence-electron chi connectivity index (χ4n) is 0.386. The Hall–Kier alpha value is -1.38. The summed E-state index contributed by atoms with van der Waals surface area (Å²) < 4.78 is 0. The molecule has 0 amide bonds. The molecule has 0 aliphatic heterocycles. The summed E-state index contributed by atoms with van der Waals surface area (Å²) in [5.41, 5.74) is 0.0277. The fraction of sp³-hybridized carbons (Fsp3) is 0.143. The molecule has 3 nitrogen and oxygen atoms in total. The standard InChI is InChI=1S/C7H9NO2/c1-3-5-8-6(4-2)7(9)10/h3-5H,1H2,2H3,(H,9,10)/b6-4-,8-5?. The Morgan fingerprint density at radius 1 is 1.70 bits per heavy atom. The Morgan fingerprint density at radius 3 is 2.60 bits per heavy atom. The largest absolute Gasteiger partial charge is 0.477 e. The van der Waals surface area contributed by atoms with E-state index in [2.05, 4.69) is 11.6 Å². The summed E-state index contributed by atoms with van der Waals surface area (Å²) in [6, 6.07) is 0. The highest BCUT2D eigenvalue weighted by atomic mass is 16.4. The molecular weight excluding hydrogens is 130 g/mol. The maximum absolute atomic E-state index is 10.2. The van der Waals surface area contributed by atoms with Crippen LogP contribution in [0.15, 0.2) is 29.4 Å². The Bertz CT molecular complexity index is 192. The summed E-state index contributed by atoms with van der Waals surface area (Å²) in [4.78, 5) is 13.8. The van der Waals surface area contributed by atoms with Gasteiger partial charge in [0, 0.05) is 6.21 Å². The molecule has 0 aliphatic rings. The lowest BCUT2D eigenvalue weighted by Gasteiger charge is -1.88. The first-order valence-corrected chi connectivity index (χ1v) is 2.77. The second kappa shape index (κ2) is 4.49. The molecule has 0 heterocycles. The number of carboxylic acids is 1. The minimum atomic E-state index is -1.03. The van der Waals surface area contributed by atoms with Gasteiger partial charge in [-0.05, 0) is 6.92 Å². The molecule has 0 unspecified atom stereocenters. The van der Waals surface area contributed by atoms with Crippen LogP contribution in [0.1, 0.15) is 6.92 Å². The molecule has 54 valence electrons. The van der Waals surface area contributed by atoms with Gasteiger partial charge in [0.1, 0.15) is 5.70 Å². The van der Waals surface area contributed by atoms with Crippen LogP contribution in [0.5, 0.6) is 0 Å². The summed E-state index contributed by atoms with van der Waals surface area (Å²) in [6.07, 6.45) is 4.18. The minimum absolute atomic E-state index is 0.0277. The van der Waals surface area contributed by atoms with Gasteiger partial charge in [0.2, 0.25) is 0 Å². The first-order chi connectivity index (χ1) is 4.72. The highest BCUT2D eigenvalue weighted by Crippen LogP contribution is 1.93. The zero-order valence-corrected chi connectivity index (χ0v) is 5.74. The molecule has 10 heavy (non-hydrogen) atoms. The lowest BCUT2D eigenvalue weighted by molar-refractivity contribution is -0.132. The summed E-state index contributed by atoms with van der Waals surface area (Å²) in [6.45, 7) is 4.97. The van der Waals surface area contributed by atoms with Gasteiger partial charge >= 0.3 is 5.97 Å². The molecular formula is C7H9NO2. The van der Waals surface area contributed by atoms with Crippen LogP contribution in [-0.2, 0) is 4.79 Å². The first-order valence-electron chi connectivity index (χ1n) is 2.77. The van der Waals surface area contributed by atoms with Crippen LogP contribution < -0.4 is 0 Å². The van der Waals surface area contributed by atoms with E-state index in [4.69, 9.17) is 5.11 Å². The van der Waals surface area contributed by atoms with Crippen LogP contribution >= 0.6 is 0 Å². The van der Waals surface area contributed by atoms with Gasteiger partial charge in [-0.1, -0.05) is 18.7 Å². The predicted molar refractivity (Wildman–Crippen MR) is 40.1 cm³/mol. The molecule has 0 radical (unpaired) electrons. The summed E-state index contributed by atoms with van der Waals surface area (Å²) in [7, 11) is 0. The van der Waals surface area contributed by atoms with Gasteiger partial charge in [0.15, 0.2) is 0 Å².